The zero-order valence-electron chi connectivity index (χ0n) is 16.1. The molecule has 1 aliphatic rings. The number of hydrogen-bond donors (Lipinski definition) is 1. The Kier molecular flexibility index (Phi) is 6.11. The summed E-state index contributed by atoms with van der Waals surface area (Å²) in [7, 11) is 3.25. The van der Waals surface area contributed by atoms with Crippen LogP contribution in [0.2, 0.25) is 0 Å². The molecule has 2 heterocycles. The van der Waals surface area contributed by atoms with Crippen LogP contribution >= 0.6 is 0 Å². The van der Waals surface area contributed by atoms with Gasteiger partial charge in [0.25, 0.3) is 5.91 Å². The van der Waals surface area contributed by atoms with Gasteiger partial charge in [0.2, 0.25) is 0 Å². The van der Waals surface area contributed by atoms with Crippen LogP contribution in [-0.2, 0) is 6.42 Å². The molecule has 0 spiro atoms. The van der Waals surface area contributed by atoms with Crippen molar-refractivity contribution >= 4 is 11.7 Å². The monoisotopic (exact) mass is 370 g/mol. The summed E-state index contributed by atoms with van der Waals surface area (Å²) in [6, 6.07) is 7.61. The van der Waals surface area contributed by atoms with Gasteiger partial charge in [-0.3, -0.25) is 4.79 Å². The van der Waals surface area contributed by atoms with E-state index in [9.17, 15) is 4.79 Å². The van der Waals surface area contributed by atoms with Gasteiger partial charge in [0, 0.05) is 25.7 Å². The highest BCUT2D eigenvalue weighted by molar-refractivity contribution is 5.93. The quantitative estimate of drug-likeness (QED) is 0.808. The van der Waals surface area contributed by atoms with Crippen LogP contribution in [0.4, 0.5) is 5.82 Å². The summed E-state index contributed by atoms with van der Waals surface area (Å²) in [6.07, 6.45) is 2.91. The lowest BCUT2D eigenvalue weighted by atomic mass is 10.1. The lowest BCUT2D eigenvalue weighted by Crippen LogP contribution is -2.28. The van der Waals surface area contributed by atoms with Gasteiger partial charge in [-0.05, 0) is 43.9 Å². The van der Waals surface area contributed by atoms with Crippen molar-refractivity contribution in [3.63, 3.8) is 0 Å². The highest BCUT2D eigenvalue weighted by Crippen LogP contribution is 2.27. The van der Waals surface area contributed by atoms with E-state index in [4.69, 9.17) is 9.47 Å². The number of anilines is 1. The standard InChI is InChI=1S/C20H26N4O3/c1-14-22-16(20(25)24-10-4-5-11-24)13-19(23-14)21-9-8-15-6-7-17(26-2)18(12-15)27-3/h6-7,12-13H,4-5,8-11H2,1-3H3,(H,21,22,23). The molecule has 7 heteroatoms. The molecular formula is C20H26N4O3. The molecule has 1 saturated heterocycles. The largest absolute Gasteiger partial charge is 0.493 e. The average molecular weight is 370 g/mol. The molecule has 1 aliphatic heterocycles. The molecule has 1 fully saturated rings. The number of nitrogens with one attached hydrogen (secondary N) is 1. The molecule has 0 saturated carbocycles. The fourth-order valence-corrected chi connectivity index (χ4v) is 3.22. The van der Waals surface area contributed by atoms with Crippen molar-refractivity contribution in [3.05, 3.63) is 41.3 Å². The minimum atomic E-state index is -0.0130. The molecule has 0 atom stereocenters. The van der Waals surface area contributed by atoms with Gasteiger partial charge in [0.1, 0.15) is 17.3 Å². The highest BCUT2D eigenvalue weighted by atomic mass is 16.5. The second kappa shape index (κ2) is 8.70. The van der Waals surface area contributed by atoms with Crippen molar-refractivity contribution in [2.75, 3.05) is 39.2 Å². The molecule has 0 aliphatic carbocycles. The van der Waals surface area contributed by atoms with E-state index < -0.39 is 0 Å². The third-order valence-corrected chi connectivity index (χ3v) is 4.62. The Balaban J connectivity index is 1.63. The normalized spacial score (nSPS) is 13.5. The van der Waals surface area contributed by atoms with Crippen molar-refractivity contribution in [3.8, 4) is 11.5 Å². The maximum atomic E-state index is 12.6. The van der Waals surface area contributed by atoms with E-state index >= 15 is 0 Å². The predicted molar refractivity (Wildman–Crippen MR) is 104 cm³/mol. The molecule has 0 radical (unpaired) electrons. The number of carbonyl (C=O) groups is 1. The van der Waals surface area contributed by atoms with Crippen LogP contribution in [0.5, 0.6) is 11.5 Å². The number of benzene rings is 1. The van der Waals surface area contributed by atoms with Crippen molar-refractivity contribution in [2.24, 2.45) is 0 Å². The fraction of sp³-hybridized carbons (Fsp3) is 0.450. The van der Waals surface area contributed by atoms with Crippen molar-refractivity contribution in [2.45, 2.75) is 26.2 Å². The van der Waals surface area contributed by atoms with Crippen LogP contribution in [0.25, 0.3) is 0 Å². The number of nitrogens with zero attached hydrogens (tertiary/aromatic N) is 3. The van der Waals surface area contributed by atoms with Crippen LogP contribution in [-0.4, -0.2) is 54.6 Å². The third kappa shape index (κ3) is 4.67. The van der Waals surface area contributed by atoms with Gasteiger partial charge in [0.15, 0.2) is 11.5 Å². The molecule has 1 N–H and O–H groups in total. The Labute approximate surface area is 159 Å². The van der Waals surface area contributed by atoms with Crippen LogP contribution in [0.15, 0.2) is 24.3 Å². The van der Waals surface area contributed by atoms with Crippen LogP contribution < -0.4 is 14.8 Å². The first-order valence-corrected chi connectivity index (χ1v) is 9.20. The van der Waals surface area contributed by atoms with E-state index in [0.717, 1.165) is 37.9 Å². The molecule has 7 nitrogen and oxygen atoms in total. The molecule has 27 heavy (non-hydrogen) atoms. The van der Waals surface area contributed by atoms with Gasteiger partial charge in [0.05, 0.1) is 14.2 Å². The van der Waals surface area contributed by atoms with E-state index in [0.29, 0.717) is 35.4 Å². The zero-order valence-corrected chi connectivity index (χ0v) is 16.1. The van der Waals surface area contributed by atoms with Gasteiger partial charge in [-0.1, -0.05) is 6.07 Å². The summed E-state index contributed by atoms with van der Waals surface area (Å²) in [5.41, 5.74) is 1.58. The van der Waals surface area contributed by atoms with Crippen molar-refractivity contribution < 1.29 is 14.3 Å². The van der Waals surface area contributed by atoms with Gasteiger partial charge in [-0.25, -0.2) is 9.97 Å². The number of amides is 1. The Bertz CT molecular complexity index is 804. The summed E-state index contributed by atoms with van der Waals surface area (Å²) < 4.78 is 10.6. The molecule has 2 aromatic rings. The molecule has 1 aromatic carbocycles. The van der Waals surface area contributed by atoms with Gasteiger partial charge in [-0.15, -0.1) is 0 Å². The number of aromatic nitrogens is 2. The molecule has 0 unspecified atom stereocenters. The Morgan fingerprint density at radius 2 is 1.85 bits per heavy atom. The maximum absolute atomic E-state index is 12.6. The van der Waals surface area contributed by atoms with E-state index in [1.807, 2.05) is 23.1 Å². The first kappa shape index (κ1) is 18.9. The number of hydrogen-bond acceptors (Lipinski definition) is 6. The van der Waals surface area contributed by atoms with Crippen molar-refractivity contribution in [1.82, 2.24) is 14.9 Å². The third-order valence-electron chi connectivity index (χ3n) is 4.62. The molecular weight excluding hydrogens is 344 g/mol. The molecule has 1 amide bonds. The van der Waals surface area contributed by atoms with E-state index in [-0.39, 0.29) is 5.91 Å². The first-order valence-electron chi connectivity index (χ1n) is 9.20. The van der Waals surface area contributed by atoms with Gasteiger partial charge in [-0.2, -0.15) is 0 Å². The maximum Gasteiger partial charge on any atom is 0.272 e. The molecule has 0 bridgehead atoms. The summed E-state index contributed by atoms with van der Waals surface area (Å²) >= 11 is 0. The van der Waals surface area contributed by atoms with Crippen molar-refractivity contribution in [1.29, 1.82) is 0 Å². The van der Waals surface area contributed by atoms with Crippen LogP contribution in [0.1, 0.15) is 34.7 Å². The summed E-state index contributed by atoms with van der Waals surface area (Å²) in [4.78, 5) is 23.1. The van der Waals surface area contributed by atoms with Gasteiger partial charge >= 0.3 is 0 Å². The Hall–Kier alpha value is -2.83. The van der Waals surface area contributed by atoms with Gasteiger partial charge < -0.3 is 19.7 Å². The lowest BCUT2D eigenvalue weighted by molar-refractivity contribution is 0.0786. The lowest BCUT2D eigenvalue weighted by Gasteiger charge is -2.15. The number of ether oxygens (including phenoxy) is 2. The second-order valence-corrected chi connectivity index (χ2v) is 6.55. The van der Waals surface area contributed by atoms with E-state index in [2.05, 4.69) is 15.3 Å². The number of aryl methyl sites for hydroxylation is 1. The highest BCUT2D eigenvalue weighted by Gasteiger charge is 2.21. The Morgan fingerprint density at radius 3 is 2.56 bits per heavy atom. The van der Waals surface area contributed by atoms with Crippen LogP contribution in [0, 0.1) is 6.92 Å². The topological polar surface area (TPSA) is 76.6 Å². The second-order valence-electron chi connectivity index (χ2n) is 6.55. The SMILES string of the molecule is COc1ccc(CCNc2cc(C(=O)N3CCCC3)nc(C)n2)cc1OC. The number of rotatable bonds is 7. The fourth-order valence-electron chi connectivity index (χ4n) is 3.22. The summed E-state index contributed by atoms with van der Waals surface area (Å²) in [5.74, 6) is 2.68. The summed E-state index contributed by atoms with van der Waals surface area (Å²) in [5, 5.41) is 3.29. The first-order chi connectivity index (χ1) is 13.1. The molecule has 144 valence electrons. The predicted octanol–water partition coefficient (Wildman–Crippen LogP) is 2.69. The zero-order chi connectivity index (χ0) is 19.2. The molecule has 3 rings (SSSR count). The molecule has 1 aromatic heterocycles. The minimum Gasteiger partial charge on any atom is -0.493 e. The van der Waals surface area contributed by atoms with E-state index in [1.165, 1.54) is 0 Å². The Morgan fingerprint density at radius 1 is 1.11 bits per heavy atom. The summed E-state index contributed by atoms with van der Waals surface area (Å²) in [6.45, 7) is 4.11. The average Bonchev–Trinajstić information content (AvgIpc) is 3.21. The van der Waals surface area contributed by atoms with Crippen LogP contribution in [0.3, 0.4) is 0 Å². The number of carbonyl (C=O) groups excluding carboxylic acids is 1. The number of methoxy groups -OCH3 is 2. The smallest absolute Gasteiger partial charge is 0.272 e. The minimum absolute atomic E-state index is 0.0130. The van der Waals surface area contributed by atoms with E-state index in [1.54, 1.807) is 27.2 Å². The number of likely N-dealkylation sites (tertiary alicyclic amines) is 1.